The molecule has 1 heterocycles. The Balaban J connectivity index is 1.63. The van der Waals surface area contributed by atoms with Crippen LogP contribution in [0.4, 0.5) is 32.3 Å². The first-order valence-corrected chi connectivity index (χ1v) is 10.1. The van der Waals surface area contributed by atoms with Crippen molar-refractivity contribution in [3.63, 3.8) is 0 Å². The van der Waals surface area contributed by atoms with Gasteiger partial charge in [0, 0.05) is 29.4 Å². The molecule has 1 saturated carbocycles. The third-order valence-electron chi connectivity index (χ3n) is 5.36. The summed E-state index contributed by atoms with van der Waals surface area (Å²) in [5, 5.41) is 5.72. The maximum Gasteiger partial charge on any atom is 0.416 e. The van der Waals surface area contributed by atoms with E-state index in [9.17, 15) is 31.1 Å². The fourth-order valence-corrected chi connectivity index (χ4v) is 3.62. The average Bonchev–Trinajstić information content (AvgIpc) is 2.75. The molecule has 0 radical (unpaired) electrons. The minimum absolute atomic E-state index is 0.00375. The number of amides is 1. The maximum absolute atomic E-state index is 13.0. The molecule has 1 amide bonds. The number of nitrogens with one attached hydrogen (secondary N) is 2. The van der Waals surface area contributed by atoms with Gasteiger partial charge < -0.3 is 15.4 Å². The van der Waals surface area contributed by atoms with Crippen molar-refractivity contribution < 1.29 is 35.9 Å². The van der Waals surface area contributed by atoms with E-state index in [1.807, 2.05) is 0 Å². The summed E-state index contributed by atoms with van der Waals surface area (Å²) in [7, 11) is 1.50. The highest BCUT2D eigenvalue weighted by molar-refractivity contribution is 5.94. The summed E-state index contributed by atoms with van der Waals surface area (Å²) in [4.78, 5) is 20.9. The Morgan fingerprint density at radius 2 is 1.52 bits per heavy atom. The van der Waals surface area contributed by atoms with Crippen LogP contribution in [0.5, 0.6) is 5.88 Å². The van der Waals surface area contributed by atoms with Crippen LogP contribution in [0.3, 0.4) is 0 Å². The number of aromatic nitrogens is 2. The van der Waals surface area contributed by atoms with Gasteiger partial charge in [0.05, 0.1) is 18.2 Å². The van der Waals surface area contributed by atoms with Crippen molar-refractivity contribution >= 4 is 11.9 Å². The van der Waals surface area contributed by atoms with E-state index in [1.54, 1.807) is 13.1 Å². The molecular formula is C21H22F6N4O2. The number of hydrogen-bond donors (Lipinski definition) is 2. The largest absolute Gasteiger partial charge is 0.481 e. The van der Waals surface area contributed by atoms with E-state index >= 15 is 0 Å². The van der Waals surface area contributed by atoms with Gasteiger partial charge in [0.25, 0.3) is 5.91 Å². The highest BCUT2D eigenvalue weighted by atomic mass is 19.4. The van der Waals surface area contributed by atoms with E-state index in [0.29, 0.717) is 49.6 Å². The monoisotopic (exact) mass is 476 g/mol. The molecule has 2 aromatic rings. The topological polar surface area (TPSA) is 76.1 Å². The summed E-state index contributed by atoms with van der Waals surface area (Å²) >= 11 is 0. The van der Waals surface area contributed by atoms with Gasteiger partial charge >= 0.3 is 12.4 Å². The smallest absolute Gasteiger partial charge is 0.416 e. The number of carbonyl (C=O) groups excluding carboxylic acids is 1. The summed E-state index contributed by atoms with van der Waals surface area (Å²) < 4.78 is 83.3. The number of carbonyl (C=O) groups is 1. The Bertz CT molecular complexity index is 969. The minimum atomic E-state index is -5.01. The van der Waals surface area contributed by atoms with Crippen LogP contribution in [0.2, 0.25) is 0 Å². The SMILES string of the molecule is COc1nc(NC2CCC(NC(=O)c3cc(C(F)(F)F)cc(C(F)(F)F)c3)CC2)ncc1C. The van der Waals surface area contributed by atoms with Crippen LogP contribution in [0.25, 0.3) is 0 Å². The highest BCUT2D eigenvalue weighted by Gasteiger charge is 2.37. The van der Waals surface area contributed by atoms with Crippen LogP contribution in [0.1, 0.15) is 52.7 Å². The van der Waals surface area contributed by atoms with E-state index in [4.69, 9.17) is 4.74 Å². The Labute approximate surface area is 185 Å². The average molecular weight is 476 g/mol. The first-order chi connectivity index (χ1) is 15.4. The van der Waals surface area contributed by atoms with Crippen LogP contribution in [-0.4, -0.2) is 35.1 Å². The standard InChI is InChI=1S/C21H22F6N4O2/c1-11-10-28-19(31-18(11)33-2)30-16-5-3-15(4-6-16)29-17(32)12-7-13(20(22,23)24)9-14(8-12)21(25,26)27/h7-10,15-16H,3-6H2,1-2H3,(H,29,32)(H,28,30,31). The first-order valence-electron chi connectivity index (χ1n) is 10.1. The zero-order chi connectivity index (χ0) is 24.4. The molecule has 0 aliphatic heterocycles. The zero-order valence-electron chi connectivity index (χ0n) is 17.8. The number of rotatable bonds is 5. The van der Waals surface area contributed by atoms with Crippen molar-refractivity contribution in [1.29, 1.82) is 0 Å². The van der Waals surface area contributed by atoms with Crippen LogP contribution >= 0.6 is 0 Å². The number of anilines is 1. The summed E-state index contributed by atoms with van der Waals surface area (Å²) in [6.45, 7) is 1.80. The van der Waals surface area contributed by atoms with Crippen molar-refractivity contribution in [2.45, 2.75) is 57.0 Å². The molecule has 33 heavy (non-hydrogen) atoms. The van der Waals surface area contributed by atoms with Crippen LogP contribution < -0.4 is 15.4 Å². The van der Waals surface area contributed by atoms with Gasteiger partial charge in [-0.2, -0.15) is 31.3 Å². The summed E-state index contributed by atoms with van der Waals surface area (Å²) in [5.41, 5.74) is -2.96. The van der Waals surface area contributed by atoms with Crippen LogP contribution in [0.15, 0.2) is 24.4 Å². The first kappa shape index (κ1) is 24.6. The number of aryl methyl sites for hydroxylation is 1. The molecule has 1 aromatic heterocycles. The molecule has 1 aliphatic carbocycles. The molecule has 0 spiro atoms. The number of hydrogen-bond acceptors (Lipinski definition) is 5. The molecule has 2 N–H and O–H groups in total. The molecule has 12 heteroatoms. The third kappa shape index (κ3) is 6.26. The zero-order valence-corrected chi connectivity index (χ0v) is 17.8. The van der Waals surface area contributed by atoms with E-state index in [-0.39, 0.29) is 18.2 Å². The van der Waals surface area contributed by atoms with Crippen molar-refractivity contribution in [1.82, 2.24) is 15.3 Å². The fourth-order valence-electron chi connectivity index (χ4n) is 3.62. The van der Waals surface area contributed by atoms with E-state index in [0.717, 1.165) is 5.56 Å². The number of halogens is 6. The lowest BCUT2D eigenvalue weighted by atomic mass is 9.91. The van der Waals surface area contributed by atoms with Crippen molar-refractivity contribution in [2.75, 3.05) is 12.4 Å². The Morgan fingerprint density at radius 3 is 2.03 bits per heavy atom. The molecule has 3 rings (SSSR count). The Morgan fingerprint density at radius 1 is 0.970 bits per heavy atom. The van der Waals surface area contributed by atoms with E-state index in [1.165, 1.54) is 7.11 Å². The molecule has 1 aliphatic rings. The lowest BCUT2D eigenvalue weighted by molar-refractivity contribution is -0.143. The quantitative estimate of drug-likeness (QED) is 0.595. The molecule has 1 aromatic carbocycles. The van der Waals surface area contributed by atoms with Gasteiger partial charge in [0.15, 0.2) is 0 Å². The van der Waals surface area contributed by atoms with Gasteiger partial charge in [0.1, 0.15) is 0 Å². The molecule has 0 bridgehead atoms. The number of benzene rings is 1. The van der Waals surface area contributed by atoms with Gasteiger partial charge in [0.2, 0.25) is 11.8 Å². The molecule has 0 saturated heterocycles. The summed E-state index contributed by atoms with van der Waals surface area (Å²) in [6.07, 6.45) is -6.25. The number of nitrogens with zero attached hydrogens (tertiary/aromatic N) is 2. The molecule has 0 unspecified atom stereocenters. The van der Waals surface area contributed by atoms with Crippen molar-refractivity contribution in [2.24, 2.45) is 0 Å². The summed E-state index contributed by atoms with van der Waals surface area (Å²) in [6, 6.07) is 0.471. The number of alkyl halides is 6. The molecule has 180 valence electrons. The number of ether oxygens (including phenoxy) is 1. The Kier molecular flexibility index (Phi) is 7.03. The van der Waals surface area contributed by atoms with Gasteiger partial charge in [-0.1, -0.05) is 0 Å². The van der Waals surface area contributed by atoms with Gasteiger partial charge in [-0.25, -0.2) is 4.98 Å². The van der Waals surface area contributed by atoms with E-state index < -0.39 is 35.0 Å². The maximum atomic E-state index is 13.0. The van der Waals surface area contributed by atoms with Crippen molar-refractivity contribution in [3.8, 4) is 5.88 Å². The van der Waals surface area contributed by atoms with Crippen LogP contribution in [0, 0.1) is 6.92 Å². The van der Waals surface area contributed by atoms with Gasteiger partial charge in [-0.15, -0.1) is 0 Å². The second-order valence-corrected chi connectivity index (χ2v) is 7.85. The normalized spacial score (nSPS) is 19.2. The second kappa shape index (κ2) is 9.44. The fraction of sp³-hybridized carbons (Fsp3) is 0.476. The molecule has 6 nitrogen and oxygen atoms in total. The predicted molar refractivity (Wildman–Crippen MR) is 107 cm³/mol. The second-order valence-electron chi connectivity index (χ2n) is 7.85. The third-order valence-corrected chi connectivity index (χ3v) is 5.36. The minimum Gasteiger partial charge on any atom is -0.481 e. The lowest BCUT2D eigenvalue weighted by Crippen LogP contribution is -2.40. The Hall–Kier alpha value is -3.05. The lowest BCUT2D eigenvalue weighted by Gasteiger charge is -2.29. The van der Waals surface area contributed by atoms with Crippen LogP contribution in [-0.2, 0) is 12.4 Å². The molecule has 1 fully saturated rings. The summed E-state index contributed by atoms with van der Waals surface area (Å²) in [5.74, 6) is -0.157. The highest BCUT2D eigenvalue weighted by Crippen LogP contribution is 2.36. The van der Waals surface area contributed by atoms with E-state index in [2.05, 4.69) is 20.6 Å². The molecular weight excluding hydrogens is 454 g/mol. The molecule has 0 atom stereocenters. The van der Waals surface area contributed by atoms with Gasteiger partial charge in [-0.05, 0) is 50.8 Å². The predicted octanol–water partition coefficient (Wildman–Crippen LogP) is 4.98. The number of methoxy groups -OCH3 is 1. The van der Waals surface area contributed by atoms with Gasteiger partial charge in [-0.3, -0.25) is 4.79 Å². The van der Waals surface area contributed by atoms with Crippen molar-refractivity contribution in [3.05, 3.63) is 46.6 Å².